The van der Waals surface area contributed by atoms with E-state index in [9.17, 15) is 0 Å². The van der Waals surface area contributed by atoms with Gasteiger partial charge in [0.05, 0.1) is 0 Å². The summed E-state index contributed by atoms with van der Waals surface area (Å²) in [6.07, 6.45) is 21.1. The fraction of sp³-hybridized carbons (Fsp3) is 0.692. The summed E-state index contributed by atoms with van der Waals surface area (Å²) in [4.78, 5) is 0. The summed E-state index contributed by atoms with van der Waals surface area (Å²) in [7, 11) is 0.495. The van der Waals surface area contributed by atoms with Gasteiger partial charge < -0.3 is 0 Å². The van der Waals surface area contributed by atoms with Crippen LogP contribution in [0.5, 0.6) is 0 Å². The molecule has 0 N–H and O–H groups in total. The SMILES string of the molecule is C1=CC(CCCCP2CCCC2)C=C1. The molecular weight excluding hydrogens is 187 g/mol. The zero-order chi connectivity index (χ0) is 9.64. The van der Waals surface area contributed by atoms with E-state index in [1.807, 2.05) is 0 Å². The van der Waals surface area contributed by atoms with E-state index in [4.69, 9.17) is 0 Å². The van der Waals surface area contributed by atoms with Crippen molar-refractivity contribution in [2.75, 3.05) is 18.5 Å². The highest BCUT2D eigenvalue weighted by molar-refractivity contribution is 7.57. The van der Waals surface area contributed by atoms with E-state index in [-0.39, 0.29) is 0 Å². The summed E-state index contributed by atoms with van der Waals surface area (Å²) in [5.74, 6) is 0.770. The summed E-state index contributed by atoms with van der Waals surface area (Å²) < 4.78 is 0. The van der Waals surface area contributed by atoms with E-state index >= 15 is 0 Å². The minimum atomic E-state index is 0.495. The Hall–Kier alpha value is -0.0900. The third kappa shape index (κ3) is 3.24. The molecule has 1 saturated heterocycles. The molecule has 14 heavy (non-hydrogen) atoms. The van der Waals surface area contributed by atoms with Gasteiger partial charge >= 0.3 is 0 Å². The van der Waals surface area contributed by atoms with Gasteiger partial charge in [-0.1, -0.05) is 30.7 Å². The van der Waals surface area contributed by atoms with Crippen LogP contribution >= 0.6 is 7.92 Å². The molecule has 0 aromatic carbocycles. The Labute approximate surface area is 89.2 Å². The topological polar surface area (TPSA) is 0 Å². The highest BCUT2D eigenvalue weighted by Crippen LogP contribution is 2.43. The molecule has 0 nitrogen and oxygen atoms in total. The maximum Gasteiger partial charge on any atom is -0.00473 e. The average Bonchev–Trinajstić information content (AvgIpc) is 2.86. The minimum Gasteiger partial charge on any atom is -0.107 e. The van der Waals surface area contributed by atoms with Gasteiger partial charge in [-0.25, -0.2) is 0 Å². The predicted octanol–water partition coefficient (Wildman–Crippen LogP) is 4.17. The Morgan fingerprint density at radius 3 is 2.43 bits per heavy atom. The van der Waals surface area contributed by atoms with Crippen LogP contribution in [-0.2, 0) is 0 Å². The quantitative estimate of drug-likeness (QED) is 0.470. The van der Waals surface area contributed by atoms with E-state index in [0.29, 0.717) is 7.92 Å². The lowest BCUT2D eigenvalue weighted by atomic mass is 10.0. The molecule has 0 unspecified atom stereocenters. The summed E-state index contributed by atoms with van der Waals surface area (Å²) >= 11 is 0. The third-order valence-corrected chi connectivity index (χ3v) is 6.13. The molecule has 0 saturated carbocycles. The molecule has 0 bridgehead atoms. The smallest absolute Gasteiger partial charge is 0.00473 e. The number of rotatable bonds is 5. The molecular formula is C13H21P. The van der Waals surface area contributed by atoms with E-state index in [1.54, 1.807) is 18.5 Å². The second kappa shape index (κ2) is 5.71. The number of unbranched alkanes of at least 4 members (excludes halogenated alkanes) is 1. The lowest BCUT2D eigenvalue weighted by Gasteiger charge is -2.10. The lowest BCUT2D eigenvalue weighted by molar-refractivity contribution is 0.649. The fourth-order valence-corrected chi connectivity index (χ4v) is 5.08. The second-order valence-corrected chi connectivity index (χ2v) is 7.16. The van der Waals surface area contributed by atoms with Crippen LogP contribution in [0, 0.1) is 5.92 Å². The normalized spacial score (nSPS) is 22.6. The molecule has 1 aliphatic carbocycles. The van der Waals surface area contributed by atoms with Crippen molar-refractivity contribution < 1.29 is 0 Å². The Balaban J connectivity index is 1.50. The van der Waals surface area contributed by atoms with E-state index in [0.717, 1.165) is 5.92 Å². The summed E-state index contributed by atoms with van der Waals surface area (Å²) in [6.45, 7) is 0. The fourth-order valence-electron chi connectivity index (χ4n) is 2.39. The van der Waals surface area contributed by atoms with Crippen LogP contribution in [0.4, 0.5) is 0 Å². The van der Waals surface area contributed by atoms with Gasteiger partial charge in [0, 0.05) is 0 Å². The van der Waals surface area contributed by atoms with Gasteiger partial charge in [-0.15, -0.1) is 7.92 Å². The molecule has 0 radical (unpaired) electrons. The lowest BCUT2D eigenvalue weighted by Crippen LogP contribution is -1.92. The number of allylic oxidation sites excluding steroid dienone is 4. The van der Waals surface area contributed by atoms with Gasteiger partial charge in [0.25, 0.3) is 0 Å². The van der Waals surface area contributed by atoms with Crippen molar-refractivity contribution in [2.24, 2.45) is 5.92 Å². The van der Waals surface area contributed by atoms with Crippen LogP contribution in [0.25, 0.3) is 0 Å². The summed E-state index contributed by atoms with van der Waals surface area (Å²) in [5.41, 5.74) is 0. The van der Waals surface area contributed by atoms with Crippen molar-refractivity contribution in [3.63, 3.8) is 0 Å². The molecule has 2 rings (SSSR count). The van der Waals surface area contributed by atoms with Crippen molar-refractivity contribution in [1.29, 1.82) is 0 Å². The largest absolute Gasteiger partial charge is 0.107 e. The van der Waals surface area contributed by atoms with Crippen LogP contribution in [0.3, 0.4) is 0 Å². The Morgan fingerprint density at radius 1 is 1.00 bits per heavy atom. The Bertz CT molecular complexity index is 199. The van der Waals surface area contributed by atoms with Crippen molar-refractivity contribution in [2.45, 2.75) is 32.1 Å². The molecule has 0 spiro atoms. The van der Waals surface area contributed by atoms with Crippen molar-refractivity contribution in [1.82, 2.24) is 0 Å². The second-order valence-electron chi connectivity index (χ2n) is 4.48. The molecule has 0 atom stereocenters. The minimum absolute atomic E-state index is 0.495. The van der Waals surface area contributed by atoms with E-state index < -0.39 is 0 Å². The molecule has 1 heteroatoms. The van der Waals surface area contributed by atoms with Crippen LogP contribution in [0.15, 0.2) is 24.3 Å². The first kappa shape index (κ1) is 10.4. The maximum atomic E-state index is 2.33. The van der Waals surface area contributed by atoms with Crippen LogP contribution in [0.2, 0.25) is 0 Å². The van der Waals surface area contributed by atoms with Gasteiger partial charge in [0.2, 0.25) is 0 Å². The monoisotopic (exact) mass is 208 g/mol. The highest BCUT2D eigenvalue weighted by atomic mass is 31.1. The first-order valence-corrected chi connectivity index (χ1v) is 7.92. The van der Waals surface area contributed by atoms with Gasteiger partial charge in [-0.2, -0.15) is 0 Å². The molecule has 1 aliphatic heterocycles. The van der Waals surface area contributed by atoms with Gasteiger partial charge in [-0.3, -0.25) is 0 Å². The van der Waals surface area contributed by atoms with E-state index in [1.165, 1.54) is 32.1 Å². The molecule has 1 fully saturated rings. The molecule has 0 aromatic rings. The summed E-state index contributed by atoms with van der Waals surface area (Å²) in [6, 6.07) is 0. The Morgan fingerprint density at radius 2 is 1.71 bits per heavy atom. The zero-order valence-corrected chi connectivity index (χ0v) is 9.89. The van der Waals surface area contributed by atoms with Crippen LogP contribution < -0.4 is 0 Å². The van der Waals surface area contributed by atoms with Crippen molar-refractivity contribution in [3.05, 3.63) is 24.3 Å². The van der Waals surface area contributed by atoms with E-state index in [2.05, 4.69) is 24.3 Å². The van der Waals surface area contributed by atoms with Crippen molar-refractivity contribution >= 4 is 7.92 Å². The van der Waals surface area contributed by atoms with Gasteiger partial charge in [-0.05, 0) is 50.1 Å². The summed E-state index contributed by atoms with van der Waals surface area (Å²) in [5, 5.41) is 0. The standard InChI is InChI=1S/C13H21P/c1-2-8-13(7-1)9-3-4-10-14-11-5-6-12-14/h1-2,7-8,13H,3-6,9-12H2. The molecule has 0 aromatic heterocycles. The number of hydrogen-bond donors (Lipinski definition) is 0. The van der Waals surface area contributed by atoms with Crippen LogP contribution in [0.1, 0.15) is 32.1 Å². The first-order valence-electron chi connectivity index (χ1n) is 6.02. The predicted molar refractivity (Wildman–Crippen MR) is 66.4 cm³/mol. The van der Waals surface area contributed by atoms with Crippen LogP contribution in [-0.4, -0.2) is 18.5 Å². The number of hydrogen-bond acceptors (Lipinski definition) is 0. The molecule has 2 aliphatic rings. The zero-order valence-electron chi connectivity index (χ0n) is 8.99. The molecule has 78 valence electrons. The van der Waals surface area contributed by atoms with Gasteiger partial charge in [0.1, 0.15) is 0 Å². The highest BCUT2D eigenvalue weighted by Gasteiger charge is 2.13. The molecule has 0 amide bonds. The van der Waals surface area contributed by atoms with Crippen molar-refractivity contribution in [3.8, 4) is 0 Å². The first-order chi connectivity index (χ1) is 6.95. The Kier molecular flexibility index (Phi) is 4.25. The molecule has 1 heterocycles. The van der Waals surface area contributed by atoms with Gasteiger partial charge in [0.15, 0.2) is 0 Å². The average molecular weight is 208 g/mol. The third-order valence-electron chi connectivity index (χ3n) is 3.29. The maximum absolute atomic E-state index is 2.33.